The van der Waals surface area contributed by atoms with E-state index in [2.05, 4.69) is 30.1 Å². The molecule has 1 aliphatic rings. The van der Waals surface area contributed by atoms with Gasteiger partial charge < -0.3 is 20.2 Å². The van der Waals surface area contributed by atoms with E-state index in [0.717, 1.165) is 49.5 Å². The largest absolute Gasteiger partial charge is 0.386 e. The van der Waals surface area contributed by atoms with Crippen LogP contribution in [0.15, 0.2) is 35.6 Å². The molecule has 0 spiro atoms. The lowest BCUT2D eigenvalue weighted by Crippen LogP contribution is -2.53. The lowest BCUT2D eigenvalue weighted by Gasteiger charge is -2.36. The number of halogens is 1. The van der Waals surface area contributed by atoms with E-state index in [4.69, 9.17) is 11.6 Å². The third kappa shape index (κ3) is 4.84. The van der Waals surface area contributed by atoms with E-state index in [-0.39, 0.29) is 0 Å². The van der Waals surface area contributed by atoms with Gasteiger partial charge in [0, 0.05) is 50.0 Å². The normalized spacial score (nSPS) is 16.7. The maximum atomic E-state index is 10.3. The first-order valence-corrected chi connectivity index (χ1v) is 9.85. The molecule has 1 atom stereocenters. The van der Waals surface area contributed by atoms with Crippen LogP contribution in [0, 0.1) is 0 Å². The van der Waals surface area contributed by atoms with E-state index in [1.807, 2.05) is 19.1 Å². The number of rotatable bonds is 5. The van der Waals surface area contributed by atoms with Crippen LogP contribution >= 0.6 is 22.9 Å². The molecule has 2 aromatic rings. The summed E-state index contributed by atoms with van der Waals surface area (Å²) in [5.41, 5.74) is 0. The molecule has 9 heteroatoms. The molecule has 3 heterocycles. The van der Waals surface area contributed by atoms with Crippen molar-refractivity contribution in [1.82, 2.24) is 20.2 Å². The number of guanidine groups is 1. The minimum Gasteiger partial charge on any atom is -0.386 e. The first kappa shape index (κ1) is 18.9. The third-order valence-electron chi connectivity index (χ3n) is 4.09. The molecule has 0 aromatic carbocycles. The number of piperazine rings is 1. The van der Waals surface area contributed by atoms with Crippen molar-refractivity contribution in [2.75, 3.05) is 44.2 Å². The SMILES string of the molecule is CCNC(=NCC(O)c1ccc(Cl)s1)N1CCN(c2ncccn2)CC1. The van der Waals surface area contributed by atoms with Crippen LogP contribution in [-0.2, 0) is 0 Å². The molecule has 0 bridgehead atoms. The van der Waals surface area contributed by atoms with Crippen molar-refractivity contribution in [2.45, 2.75) is 13.0 Å². The minimum absolute atomic E-state index is 0.307. The van der Waals surface area contributed by atoms with Gasteiger partial charge in [-0.05, 0) is 25.1 Å². The molecule has 1 saturated heterocycles. The molecule has 2 aromatic heterocycles. The van der Waals surface area contributed by atoms with Gasteiger partial charge in [0.05, 0.1) is 10.9 Å². The molecule has 26 heavy (non-hydrogen) atoms. The van der Waals surface area contributed by atoms with Gasteiger partial charge in [-0.3, -0.25) is 4.99 Å². The molecule has 3 rings (SSSR count). The lowest BCUT2D eigenvalue weighted by atomic mass is 10.3. The summed E-state index contributed by atoms with van der Waals surface area (Å²) in [6.45, 7) is 6.44. The van der Waals surface area contributed by atoms with E-state index in [9.17, 15) is 5.11 Å². The minimum atomic E-state index is -0.639. The predicted molar refractivity (Wildman–Crippen MR) is 106 cm³/mol. The monoisotopic (exact) mass is 394 g/mol. The second-order valence-corrected chi connectivity index (χ2v) is 7.62. The Morgan fingerprint density at radius 1 is 1.31 bits per heavy atom. The van der Waals surface area contributed by atoms with E-state index in [1.54, 1.807) is 18.5 Å². The van der Waals surface area contributed by atoms with E-state index >= 15 is 0 Å². The number of thiophene rings is 1. The first-order chi connectivity index (χ1) is 12.7. The van der Waals surface area contributed by atoms with Gasteiger partial charge in [0.1, 0.15) is 6.10 Å². The quantitative estimate of drug-likeness (QED) is 0.596. The molecule has 0 amide bonds. The smallest absolute Gasteiger partial charge is 0.225 e. The Morgan fingerprint density at radius 2 is 2.04 bits per heavy atom. The topological polar surface area (TPSA) is 76.9 Å². The number of nitrogens with one attached hydrogen (secondary N) is 1. The Kier molecular flexibility index (Phi) is 6.65. The van der Waals surface area contributed by atoms with Crippen LogP contribution in [0.1, 0.15) is 17.9 Å². The zero-order valence-electron chi connectivity index (χ0n) is 14.7. The van der Waals surface area contributed by atoms with Crippen molar-refractivity contribution in [2.24, 2.45) is 4.99 Å². The summed E-state index contributed by atoms with van der Waals surface area (Å²) in [7, 11) is 0. The predicted octanol–water partition coefficient (Wildman–Crippen LogP) is 2.01. The van der Waals surface area contributed by atoms with Crippen LogP contribution in [0.3, 0.4) is 0 Å². The van der Waals surface area contributed by atoms with Gasteiger partial charge in [0.15, 0.2) is 5.96 Å². The van der Waals surface area contributed by atoms with E-state index < -0.39 is 6.10 Å². The van der Waals surface area contributed by atoms with Gasteiger partial charge in [-0.2, -0.15) is 0 Å². The van der Waals surface area contributed by atoms with Crippen molar-refractivity contribution >= 4 is 34.8 Å². The van der Waals surface area contributed by atoms with Gasteiger partial charge >= 0.3 is 0 Å². The Bertz CT molecular complexity index is 717. The molecule has 1 unspecified atom stereocenters. The highest BCUT2D eigenvalue weighted by molar-refractivity contribution is 7.16. The zero-order valence-corrected chi connectivity index (χ0v) is 16.2. The summed E-state index contributed by atoms with van der Waals surface area (Å²) in [4.78, 5) is 18.4. The average Bonchev–Trinajstić information content (AvgIpc) is 3.12. The van der Waals surface area contributed by atoms with Crippen LogP contribution in [0.25, 0.3) is 0 Å². The summed E-state index contributed by atoms with van der Waals surface area (Å²) in [6, 6.07) is 5.46. The van der Waals surface area contributed by atoms with Crippen LogP contribution < -0.4 is 10.2 Å². The van der Waals surface area contributed by atoms with Crippen molar-refractivity contribution in [3.63, 3.8) is 0 Å². The molecule has 2 N–H and O–H groups in total. The number of aliphatic hydroxyl groups excluding tert-OH is 1. The van der Waals surface area contributed by atoms with Crippen molar-refractivity contribution < 1.29 is 5.11 Å². The molecular formula is C17H23ClN6OS. The van der Waals surface area contributed by atoms with Crippen LogP contribution in [0.2, 0.25) is 4.34 Å². The summed E-state index contributed by atoms with van der Waals surface area (Å²) in [5.74, 6) is 1.59. The number of hydrogen-bond acceptors (Lipinski definition) is 6. The second kappa shape index (κ2) is 9.16. The fraction of sp³-hybridized carbons (Fsp3) is 0.471. The molecule has 1 fully saturated rings. The summed E-state index contributed by atoms with van der Waals surface area (Å²) in [5, 5.41) is 13.6. The maximum Gasteiger partial charge on any atom is 0.225 e. The highest BCUT2D eigenvalue weighted by Gasteiger charge is 2.21. The van der Waals surface area contributed by atoms with Crippen LogP contribution in [0.4, 0.5) is 5.95 Å². The van der Waals surface area contributed by atoms with Gasteiger partial charge in [-0.1, -0.05) is 11.6 Å². The molecule has 0 radical (unpaired) electrons. The summed E-state index contributed by atoms with van der Waals surface area (Å²) in [6.07, 6.45) is 2.89. The molecule has 0 aliphatic carbocycles. The molecule has 140 valence electrons. The van der Waals surface area contributed by atoms with Gasteiger partial charge in [-0.25, -0.2) is 9.97 Å². The van der Waals surface area contributed by atoms with Crippen molar-refractivity contribution in [3.05, 3.63) is 39.8 Å². The maximum absolute atomic E-state index is 10.3. The van der Waals surface area contributed by atoms with Crippen molar-refractivity contribution in [1.29, 1.82) is 0 Å². The summed E-state index contributed by atoms with van der Waals surface area (Å²) < 4.78 is 0.675. The fourth-order valence-corrected chi connectivity index (χ4v) is 3.81. The molecular weight excluding hydrogens is 372 g/mol. The van der Waals surface area contributed by atoms with Crippen LogP contribution in [0.5, 0.6) is 0 Å². The third-order valence-corrected chi connectivity index (χ3v) is 5.42. The van der Waals surface area contributed by atoms with Gasteiger partial charge in [-0.15, -0.1) is 11.3 Å². The Labute approximate surface area is 162 Å². The number of hydrogen-bond donors (Lipinski definition) is 2. The first-order valence-electron chi connectivity index (χ1n) is 8.66. The van der Waals surface area contributed by atoms with Crippen LogP contribution in [-0.4, -0.2) is 65.2 Å². The fourth-order valence-electron chi connectivity index (χ4n) is 2.77. The average molecular weight is 395 g/mol. The number of aliphatic imine (C=N–C) groups is 1. The zero-order chi connectivity index (χ0) is 18.4. The standard InChI is InChI=1S/C17H23ClN6OS/c1-2-19-16(22-12-13(25)14-4-5-15(18)26-14)23-8-10-24(11-9-23)17-20-6-3-7-21-17/h3-7,13,25H,2,8-12H2,1H3,(H,19,22). The number of nitrogens with zero attached hydrogens (tertiary/aromatic N) is 5. The number of aromatic nitrogens is 2. The Balaban J connectivity index is 1.59. The number of anilines is 1. The summed E-state index contributed by atoms with van der Waals surface area (Å²) >= 11 is 7.32. The highest BCUT2D eigenvalue weighted by Crippen LogP contribution is 2.27. The second-order valence-electron chi connectivity index (χ2n) is 5.88. The molecule has 1 aliphatic heterocycles. The van der Waals surface area contributed by atoms with E-state index in [1.165, 1.54) is 11.3 Å². The van der Waals surface area contributed by atoms with Gasteiger partial charge in [0.25, 0.3) is 0 Å². The Hall–Kier alpha value is -1.90. The van der Waals surface area contributed by atoms with E-state index in [0.29, 0.717) is 10.9 Å². The Morgan fingerprint density at radius 3 is 2.65 bits per heavy atom. The highest BCUT2D eigenvalue weighted by atomic mass is 35.5. The van der Waals surface area contributed by atoms with Gasteiger partial charge in [0.2, 0.25) is 5.95 Å². The van der Waals surface area contributed by atoms with Crippen molar-refractivity contribution in [3.8, 4) is 0 Å². The molecule has 0 saturated carbocycles. The number of aliphatic hydroxyl groups is 1. The molecule has 7 nitrogen and oxygen atoms in total. The lowest BCUT2D eigenvalue weighted by molar-refractivity contribution is 0.190.